The molecule has 0 saturated carbocycles. The molecule has 1 N–H and O–H groups in total. The van der Waals surface area contributed by atoms with Crippen LogP contribution in [-0.4, -0.2) is 45.9 Å². The van der Waals surface area contributed by atoms with Crippen molar-refractivity contribution >= 4 is 15.9 Å². The molecule has 1 aliphatic heterocycles. The molecular weight excluding hydrogens is 262 g/mol. The smallest absolute Gasteiger partial charge is 0.303 e. The summed E-state index contributed by atoms with van der Waals surface area (Å²) in [6, 6.07) is 5.80. The highest BCUT2D eigenvalue weighted by atomic mass is 32.2. The third kappa shape index (κ3) is 2.91. The molecule has 0 bridgehead atoms. The Hall–Kier alpha value is -1.11. The van der Waals surface area contributed by atoms with Gasteiger partial charge in [-0.1, -0.05) is 17.7 Å². The molecule has 1 heterocycles. The van der Waals surface area contributed by atoms with Crippen molar-refractivity contribution in [2.45, 2.75) is 13.8 Å². The summed E-state index contributed by atoms with van der Waals surface area (Å²) in [6.07, 6.45) is 0. The minimum atomic E-state index is -3.42. The largest absolute Gasteiger partial charge is 0.314 e. The fraction of sp³-hybridized carbons (Fsp3) is 0.538. The SMILES string of the molecule is Cc1ccc(N(C)S(=O)(=O)N2CCNCC2)c(C)c1. The molecule has 1 fully saturated rings. The van der Waals surface area contributed by atoms with Crippen LogP contribution in [0.2, 0.25) is 0 Å². The van der Waals surface area contributed by atoms with Crippen molar-refractivity contribution in [3.8, 4) is 0 Å². The van der Waals surface area contributed by atoms with Crippen LogP contribution in [0.1, 0.15) is 11.1 Å². The van der Waals surface area contributed by atoms with Crippen molar-refractivity contribution < 1.29 is 8.42 Å². The van der Waals surface area contributed by atoms with Crippen LogP contribution in [0.25, 0.3) is 0 Å². The molecule has 2 rings (SSSR count). The minimum Gasteiger partial charge on any atom is -0.314 e. The standard InChI is InChI=1S/C13H21N3O2S/c1-11-4-5-13(12(2)10-11)15(3)19(17,18)16-8-6-14-7-9-16/h4-5,10,14H,6-9H2,1-3H3. The first-order valence-corrected chi connectivity index (χ1v) is 7.84. The lowest BCUT2D eigenvalue weighted by atomic mass is 10.1. The zero-order valence-electron chi connectivity index (χ0n) is 11.7. The van der Waals surface area contributed by atoms with Crippen molar-refractivity contribution in [2.24, 2.45) is 0 Å². The molecule has 0 amide bonds. The van der Waals surface area contributed by atoms with Crippen LogP contribution in [-0.2, 0) is 10.2 Å². The number of rotatable bonds is 3. The lowest BCUT2D eigenvalue weighted by Crippen LogP contribution is -2.51. The zero-order chi connectivity index (χ0) is 14.0. The van der Waals surface area contributed by atoms with Gasteiger partial charge in [0.25, 0.3) is 0 Å². The van der Waals surface area contributed by atoms with Gasteiger partial charge in [-0.25, -0.2) is 0 Å². The Bertz CT molecular complexity index is 551. The van der Waals surface area contributed by atoms with Gasteiger partial charge in [-0.2, -0.15) is 12.7 Å². The van der Waals surface area contributed by atoms with E-state index in [1.165, 1.54) is 8.61 Å². The summed E-state index contributed by atoms with van der Waals surface area (Å²) in [6.45, 7) is 6.41. The highest BCUT2D eigenvalue weighted by Gasteiger charge is 2.28. The molecule has 5 nitrogen and oxygen atoms in total. The van der Waals surface area contributed by atoms with Crippen molar-refractivity contribution in [1.82, 2.24) is 9.62 Å². The highest BCUT2D eigenvalue weighted by molar-refractivity contribution is 7.90. The predicted octanol–water partition coefficient (Wildman–Crippen LogP) is 0.890. The van der Waals surface area contributed by atoms with Crippen LogP contribution >= 0.6 is 0 Å². The summed E-state index contributed by atoms with van der Waals surface area (Å²) >= 11 is 0. The number of piperazine rings is 1. The molecule has 106 valence electrons. The Labute approximate surface area is 115 Å². The molecule has 19 heavy (non-hydrogen) atoms. The molecule has 0 aromatic heterocycles. The normalized spacial score (nSPS) is 17.4. The number of nitrogens with one attached hydrogen (secondary N) is 1. The van der Waals surface area contributed by atoms with E-state index in [2.05, 4.69) is 5.32 Å². The number of hydrogen-bond acceptors (Lipinski definition) is 3. The second kappa shape index (κ2) is 5.48. The lowest BCUT2D eigenvalue weighted by Gasteiger charge is -2.32. The minimum absolute atomic E-state index is 0.525. The Morgan fingerprint density at radius 2 is 1.84 bits per heavy atom. The topological polar surface area (TPSA) is 52.7 Å². The van der Waals surface area contributed by atoms with Crippen LogP contribution in [0.5, 0.6) is 0 Å². The van der Waals surface area contributed by atoms with Crippen molar-refractivity contribution in [3.63, 3.8) is 0 Å². The first-order chi connectivity index (χ1) is 8.93. The summed E-state index contributed by atoms with van der Waals surface area (Å²) in [5, 5.41) is 3.16. The first-order valence-electron chi connectivity index (χ1n) is 6.45. The number of nitrogens with zero attached hydrogens (tertiary/aromatic N) is 2. The zero-order valence-corrected chi connectivity index (χ0v) is 12.5. The summed E-state index contributed by atoms with van der Waals surface area (Å²) in [5.41, 5.74) is 2.85. The van der Waals surface area contributed by atoms with Gasteiger partial charge in [0, 0.05) is 33.2 Å². The van der Waals surface area contributed by atoms with Gasteiger partial charge in [0.15, 0.2) is 0 Å². The summed E-state index contributed by atoms with van der Waals surface area (Å²) in [7, 11) is -1.80. The van der Waals surface area contributed by atoms with Gasteiger partial charge in [0.1, 0.15) is 0 Å². The van der Waals surface area contributed by atoms with Crippen LogP contribution in [0.3, 0.4) is 0 Å². The number of benzene rings is 1. The van der Waals surface area contributed by atoms with Crippen molar-refractivity contribution in [1.29, 1.82) is 0 Å². The van der Waals surface area contributed by atoms with E-state index in [1.807, 2.05) is 32.0 Å². The number of anilines is 1. The molecular formula is C13H21N3O2S. The van der Waals surface area contributed by atoms with E-state index in [1.54, 1.807) is 7.05 Å². The van der Waals surface area contributed by atoms with Crippen LogP contribution < -0.4 is 9.62 Å². The summed E-state index contributed by atoms with van der Waals surface area (Å²) in [5.74, 6) is 0. The van der Waals surface area contributed by atoms with Gasteiger partial charge >= 0.3 is 10.2 Å². The van der Waals surface area contributed by atoms with E-state index < -0.39 is 10.2 Å². The lowest BCUT2D eigenvalue weighted by molar-refractivity contribution is 0.359. The molecule has 0 spiro atoms. The Balaban J connectivity index is 2.29. The predicted molar refractivity (Wildman–Crippen MR) is 77.7 cm³/mol. The fourth-order valence-corrected chi connectivity index (χ4v) is 3.78. The van der Waals surface area contributed by atoms with Gasteiger partial charge in [0.2, 0.25) is 0 Å². The third-order valence-corrected chi connectivity index (χ3v) is 5.35. The molecule has 1 aromatic rings. The number of aryl methyl sites for hydroxylation is 2. The summed E-state index contributed by atoms with van der Waals surface area (Å²) < 4.78 is 28.0. The quantitative estimate of drug-likeness (QED) is 0.896. The van der Waals surface area contributed by atoms with Gasteiger partial charge in [-0.3, -0.25) is 4.31 Å². The summed E-state index contributed by atoms with van der Waals surface area (Å²) in [4.78, 5) is 0. The maximum atomic E-state index is 12.5. The van der Waals surface area contributed by atoms with Crippen LogP contribution in [0, 0.1) is 13.8 Å². The second-order valence-electron chi connectivity index (χ2n) is 4.91. The van der Waals surface area contributed by atoms with E-state index in [0.29, 0.717) is 26.2 Å². The molecule has 1 saturated heterocycles. The maximum Gasteiger partial charge on any atom is 0.303 e. The average molecular weight is 283 g/mol. The van der Waals surface area contributed by atoms with Gasteiger partial charge in [-0.15, -0.1) is 0 Å². The monoisotopic (exact) mass is 283 g/mol. The van der Waals surface area contributed by atoms with E-state index >= 15 is 0 Å². The number of hydrogen-bond donors (Lipinski definition) is 1. The highest BCUT2D eigenvalue weighted by Crippen LogP contribution is 2.24. The van der Waals surface area contributed by atoms with Crippen LogP contribution in [0.15, 0.2) is 18.2 Å². The molecule has 0 unspecified atom stereocenters. The first kappa shape index (κ1) is 14.3. The van der Waals surface area contributed by atoms with Crippen molar-refractivity contribution in [3.05, 3.63) is 29.3 Å². The van der Waals surface area contributed by atoms with E-state index in [-0.39, 0.29) is 0 Å². The Morgan fingerprint density at radius 3 is 2.42 bits per heavy atom. The molecule has 0 atom stereocenters. The van der Waals surface area contributed by atoms with Crippen LogP contribution in [0.4, 0.5) is 5.69 Å². The second-order valence-corrected chi connectivity index (χ2v) is 6.87. The average Bonchev–Trinajstić information content (AvgIpc) is 2.39. The van der Waals surface area contributed by atoms with E-state index in [4.69, 9.17) is 0 Å². The molecule has 1 aliphatic rings. The third-order valence-electron chi connectivity index (χ3n) is 3.44. The van der Waals surface area contributed by atoms with Crippen molar-refractivity contribution in [2.75, 3.05) is 37.5 Å². The molecule has 1 aromatic carbocycles. The Kier molecular flexibility index (Phi) is 4.13. The molecule has 0 radical (unpaired) electrons. The van der Waals surface area contributed by atoms with E-state index in [9.17, 15) is 8.42 Å². The molecule has 0 aliphatic carbocycles. The van der Waals surface area contributed by atoms with Gasteiger partial charge < -0.3 is 5.32 Å². The maximum absolute atomic E-state index is 12.5. The van der Waals surface area contributed by atoms with Gasteiger partial charge in [0.05, 0.1) is 5.69 Å². The van der Waals surface area contributed by atoms with Gasteiger partial charge in [-0.05, 0) is 25.5 Å². The fourth-order valence-electron chi connectivity index (χ4n) is 2.33. The molecule has 6 heteroatoms. The van der Waals surface area contributed by atoms with E-state index in [0.717, 1.165) is 16.8 Å². The Morgan fingerprint density at radius 1 is 1.21 bits per heavy atom.